The van der Waals surface area contributed by atoms with Crippen LogP contribution in [0.2, 0.25) is 0 Å². The van der Waals surface area contributed by atoms with Gasteiger partial charge in [-0.2, -0.15) is 0 Å². The Kier molecular flexibility index (Phi) is 2.78. The molecule has 2 bridgehead atoms. The van der Waals surface area contributed by atoms with E-state index in [9.17, 15) is 0 Å². The first-order valence-electron chi connectivity index (χ1n) is 6.82. The Labute approximate surface area is 97.7 Å². The second kappa shape index (κ2) is 4.27. The molecule has 1 N–H and O–H groups in total. The van der Waals surface area contributed by atoms with Gasteiger partial charge in [0.05, 0.1) is 6.54 Å². The molecular formula is C13H22N2O. The lowest BCUT2D eigenvalue weighted by atomic mass is 9.82. The average Bonchev–Trinajstić information content (AvgIpc) is 2.98. The largest absolute Gasteiger partial charge is 0.463 e. The first-order valence-corrected chi connectivity index (χ1v) is 6.82. The number of fused-ring (bicyclic) bond motifs is 2. The van der Waals surface area contributed by atoms with E-state index in [-0.39, 0.29) is 0 Å². The molecule has 3 rings (SSSR count). The molecule has 3 heteroatoms. The number of hydrogen-bond acceptors (Lipinski definition) is 3. The van der Waals surface area contributed by atoms with Crippen LogP contribution >= 0.6 is 0 Å². The third kappa shape index (κ3) is 1.70. The fraction of sp³-hybridized carbons (Fsp3) is 0.923. The van der Waals surface area contributed by atoms with Crippen molar-refractivity contribution in [2.24, 2.45) is 22.7 Å². The van der Waals surface area contributed by atoms with Crippen LogP contribution in [0.5, 0.6) is 0 Å². The number of ether oxygens (including phenoxy) is 1. The molecule has 0 aromatic heterocycles. The Morgan fingerprint density at radius 2 is 2.25 bits per heavy atom. The third-order valence-corrected chi connectivity index (χ3v) is 4.59. The van der Waals surface area contributed by atoms with Gasteiger partial charge in [0.25, 0.3) is 6.02 Å². The van der Waals surface area contributed by atoms with E-state index < -0.39 is 0 Å². The van der Waals surface area contributed by atoms with Crippen molar-refractivity contribution in [3.63, 3.8) is 0 Å². The highest BCUT2D eigenvalue weighted by atomic mass is 16.5. The summed E-state index contributed by atoms with van der Waals surface area (Å²) < 4.78 is 5.49. The molecule has 2 unspecified atom stereocenters. The molecule has 90 valence electrons. The Balaban J connectivity index is 1.67. The first kappa shape index (κ1) is 10.4. The van der Waals surface area contributed by atoms with E-state index in [1.807, 2.05) is 0 Å². The van der Waals surface area contributed by atoms with Gasteiger partial charge in [-0.1, -0.05) is 13.3 Å². The average molecular weight is 222 g/mol. The molecule has 4 atom stereocenters. The topological polar surface area (TPSA) is 33.6 Å². The van der Waals surface area contributed by atoms with Crippen LogP contribution in [-0.4, -0.2) is 25.2 Å². The zero-order valence-electron chi connectivity index (χ0n) is 10.1. The maximum absolute atomic E-state index is 5.49. The summed E-state index contributed by atoms with van der Waals surface area (Å²) in [7, 11) is 0. The maximum Gasteiger partial charge on any atom is 0.285 e. The lowest BCUT2D eigenvalue weighted by Gasteiger charge is -2.31. The lowest BCUT2D eigenvalue weighted by molar-refractivity contribution is 0.236. The second-order valence-corrected chi connectivity index (χ2v) is 5.49. The molecule has 0 aromatic carbocycles. The van der Waals surface area contributed by atoms with E-state index in [0.29, 0.717) is 6.04 Å². The van der Waals surface area contributed by atoms with E-state index >= 15 is 0 Å². The summed E-state index contributed by atoms with van der Waals surface area (Å²) in [6, 6.07) is 1.47. The summed E-state index contributed by atoms with van der Waals surface area (Å²) in [4.78, 5) is 4.36. The van der Waals surface area contributed by atoms with Crippen LogP contribution in [0.3, 0.4) is 0 Å². The number of nitrogens with zero attached hydrogens (tertiary/aromatic N) is 1. The van der Waals surface area contributed by atoms with Gasteiger partial charge in [0.2, 0.25) is 0 Å². The fourth-order valence-electron chi connectivity index (χ4n) is 3.95. The van der Waals surface area contributed by atoms with E-state index in [0.717, 1.165) is 36.9 Å². The van der Waals surface area contributed by atoms with Crippen molar-refractivity contribution >= 4 is 6.02 Å². The van der Waals surface area contributed by atoms with Gasteiger partial charge in [0, 0.05) is 6.04 Å². The van der Waals surface area contributed by atoms with Crippen molar-refractivity contribution in [1.82, 2.24) is 5.32 Å². The highest BCUT2D eigenvalue weighted by molar-refractivity contribution is 5.75. The molecule has 3 nitrogen and oxygen atoms in total. The molecule has 2 fully saturated rings. The minimum Gasteiger partial charge on any atom is -0.463 e. The lowest BCUT2D eigenvalue weighted by Crippen LogP contribution is -2.44. The Morgan fingerprint density at radius 1 is 1.38 bits per heavy atom. The minimum atomic E-state index is 0.649. The molecule has 1 heterocycles. The Bertz CT molecular complexity index is 290. The van der Waals surface area contributed by atoms with Gasteiger partial charge in [-0.05, 0) is 43.4 Å². The van der Waals surface area contributed by atoms with Crippen LogP contribution in [0.25, 0.3) is 0 Å². The Morgan fingerprint density at radius 3 is 3.00 bits per heavy atom. The molecule has 0 saturated heterocycles. The van der Waals surface area contributed by atoms with Crippen molar-refractivity contribution in [2.75, 3.05) is 13.2 Å². The van der Waals surface area contributed by atoms with E-state index in [1.54, 1.807) is 0 Å². The van der Waals surface area contributed by atoms with E-state index in [1.165, 1.54) is 32.1 Å². The van der Waals surface area contributed by atoms with Crippen LogP contribution in [0.1, 0.15) is 39.0 Å². The fourth-order valence-corrected chi connectivity index (χ4v) is 3.95. The molecule has 2 aliphatic carbocycles. The monoisotopic (exact) mass is 222 g/mol. The van der Waals surface area contributed by atoms with Gasteiger partial charge in [0.1, 0.15) is 6.61 Å². The zero-order valence-corrected chi connectivity index (χ0v) is 10.1. The molecular weight excluding hydrogens is 200 g/mol. The van der Waals surface area contributed by atoms with Crippen LogP contribution in [0, 0.1) is 17.8 Å². The molecule has 0 radical (unpaired) electrons. The van der Waals surface area contributed by atoms with Crippen molar-refractivity contribution in [1.29, 1.82) is 0 Å². The van der Waals surface area contributed by atoms with Crippen molar-refractivity contribution in [3.05, 3.63) is 0 Å². The van der Waals surface area contributed by atoms with Crippen molar-refractivity contribution in [2.45, 2.75) is 45.1 Å². The molecule has 0 spiro atoms. The molecule has 1 aliphatic heterocycles. The summed E-state index contributed by atoms with van der Waals surface area (Å²) in [6.45, 7) is 3.90. The summed E-state index contributed by atoms with van der Waals surface area (Å²) >= 11 is 0. The first-order chi connectivity index (χ1) is 7.88. The van der Waals surface area contributed by atoms with Crippen LogP contribution < -0.4 is 5.32 Å². The highest BCUT2D eigenvalue weighted by Crippen LogP contribution is 2.50. The molecule has 16 heavy (non-hydrogen) atoms. The van der Waals surface area contributed by atoms with Gasteiger partial charge in [0.15, 0.2) is 0 Å². The summed E-state index contributed by atoms with van der Waals surface area (Å²) in [5, 5.41) is 3.57. The minimum absolute atomic E-state index is 0.649. The van der Waals surface area contributed by atoms with Gasteiger partial charge in [-0.3, -0.25) is 0 Å². The van der Waals surface area contributed by atoms with Gasteiger partial charge in [-0.25, -0.2) is 4.99 Å². The predicted molar refractivity (Wildman–Crippen MR) is 64.4 cm³/mol. The van der Waals surface area contributed by atoms with Crippen LogP contribution in [0.15, 0.2) is 4.99 Å². The molecule has 3 aliphatic rings. The normalized spacial score (nSPS) is 40.9. The van der Waals surface area contributed by atoms with Gasteiger partial charge in [-0.15, -0.1) is 0 Å². The maximum atomic E-state index is 5.49. The summed E-state index contributed by atoms with van der Waals surface area (Å²) in [5.41, 5.74) is 0. The second-order valence-electron chi connectivity index (χ2n) is 5.49. The predicted octanol–water partition coefficient (Wildman–Crippen LogP) is 2.18. The number of amidine groups is 1. The number of rotatable bonds is 3. The third-order valence-electron chi connectivity index (χ3n) is 4.59. The molecule has 0 amide bonds. The summed E-state index contributed by atoms with van der Waals surface area (Å²) in [5.74, 6) is 2.73. The van der Waals surface area contributed by atoms with Gasteiger partial charge < -0.3 is 10.1 Å². The van der Waals surface area contributed by atoms with Crippen LogP contribution in [-0.2, 0) is 4.74 Å². The van der Waals surface area contributed by atoms with E-state index in [2.05, 4.69) is 17.2 Å². The standard InChI is InChI=1S/C13H22N2O/c1-2-3-11-9-4-5-10(8-9)12(11)15-13-14-6-7-16-13/h9-12H,2-8H2,1H3,(H,14,15)/t9?,10?,11-,12+/m0/s1. The smallest absolute Gasteiger partial charge is 0.285 e. The zero-order chi connectivity index (χ0) is 11.0. The quantitative estimate of drug-likeness (QED) is 0.794. The molecule has 0 aromatic rings. The number of nitrogens with one attached hydrogen (secondary N) is 1. The highest BCUT2D eigenvalue weighted by Gasteiger charge is 2.47. The summed E-state index contributed by atoms with van der Waals surface area (Å²) in [6.07, 6.45) is 6.98. The number of hydrogen-bond donors (Lipinski definition) is 1. The Hall–Kier alpha value is -0.730. The SMILES string of the molecule is CCC[C@H]1C2CCC(C2)[C@H]1NC1=NCCO1. The van der Waals surface area contributed by atoms with Crippen molar-refractivity contribution < 1.29 is 4.74 Å². The molecule has 2 saturated carbocycles. The van der Waals surface area contributed by atoms with Crippen LogP contribution in [0.4, 0.5) is 0 Å². The van der Waals surface area contributed by atoms with Crippen molar-refractivity contribution in [3.8, 4) is 0 Å². The van der Waals surface area contributed by atoms with Gasteiger partial charge >= 0.3 is 0 Å². The number of aliphatic imine (C=N–C) groups is 1. The van der Waals surface area contributed by atoms with E-state index in [4.69, 9.17) is 4.74 Å².